The van der Waals surface area contributed by atoms with Crippen LogP contribution in [0.5, 0.6) is 0 Å². The van der Waals surface area contributed by atoms with E-state index in [2.05, 4.69) is 0 Å². The van der Waals surface area contributed by atoms with Gasteiger partial charge >= 0.3 is 0 Å². The fourth-order valence-electron chi connectivity index (χ4n) is 2.91. The average molecular weight is 342 g/mol. The summed E-state index contributed by atoms with van der Waals surface area (Å²) in [5.41, 5.74) is 5.95. The van der Waals surface area contributed by atoms with E-state index < -0.39 is 14.9 Å². The molecule has 1 aliphatic rings. The molecular weight excluding hydrogens is 320 g/mol. The third-order valence-electron chi connectivity index (χ3n) is 4.23. The van der Waals surface area contributed by atoms with E-state index in [0.717, 1.165) is 16.8 Å². The maximum Gasteiger partial charge on any atom is 0.293 e. The van der Waals surface area contributed by atoms with Crippen LogP contribution in [0.25, 0.3) is 0 Å². The largest absolute Gasteiger partial charge is 0.363 e. The van der Waals surface area contributed by atoms with Crippen molar-refractivity contribution < 1.29 is 13.3 Å². The SMILES string of the molecule is CC1CC(CN)CN1c1ccc(S(=O)(=O)N(C)C)cc1[N+](=O)[O-]. The summed E-state index contributed by atoms with van der Waals surface area (Å²) in [6, 6.07) is 4.19. The Bertz CT molecular complexity index is 705. The minimum Gasteiger partial charge on any atom is -0.363 e. The van der Waals surface area contributed by atoms with Crippen LogP contribution in [0.4, 0.5) is 11.4 Å². The predicted octanol–water partition coefficient (Wildman–Crippen LogP) is 1.02. The standard InChI is InChI=1S/C14H22N4O4S/c1-10-6-11(8-15)9-17(10)13-5-4-12(7-14(13)18(19)20)23(21,22)16(2)3/h4-5,7,10-11H,6,8-9,15H2,1-3H3. The summed E-state index contributed by atoms with van der Waals surface area (Å²) < 4.78 is 25.4. The van der Waals surface area contributed by atoms with Crippen molar-refractivity contribution in [1.82, 2.24) is 4.31 Å². The first-order valence-corrected chi connectivity index (χ1v) is 8.80. The maximum absolute atomic E-state index is 12.2. The van der Waals surface area contributed by atoms with Crippen molar-refractivity contribution in [3.05, 3.63) is 28.3 Å². The highest BCUT2D eigenvalue weighted by atomic mass is 32.2. The zero-order chi connectivity index (χ0) is 17.4. The number of anilines is 1. The monoisotopic (exact) mass is 342 g/mol. The number of benzene rings is 1. The zero-order valence-electron chi connectivity index (χ0n) is 13.5. The average Bonchev–Trinajstić information content (AvgIpc) is 2.87. The van der Waals surface area contributed by atoms with E-state index in [1.165, 1.54) is 26.2 Å². The number of sulfonamides is 1. The predicted molar refractivity (Wildman–Crippen MR) is 87.9 cm³/mol. The maximum atomic E-state index is 12.2. The Kier molecular flexibility index (Phi) is 4.92. The van der Waals surface area contributed by atoms with E-state index in [0.29, 0.717) is 18.8 Å². The second-order valence-electron chi connectivity index (χ2n) is 6.03. The molecule has 2 N–H and O–H groups in total. The normalized spacial score (nSPS) is 21.9. The van der Waals surface area contributed by atoms with Crippen LogP contribution in [0.3, 0.4) is 0 Å². The van der Waals surface area contributed by atoms with Gasteiger partial charge in [0, 0.05) is 32.7 Å². The molecule has 1 aromatic carbocycles. The first kappa shape index (κ1) is 17.6. The van der Waals surface area contributed by atoms with Crippen molar-refractivity contribution in [3.8, 4) is 0 Å². The van der Waals surface area contributed by atoms with Gasteiger partial charge in [0.15, 0.2) is 0 Å². The molecule has 2 rings (SSSR count). The second-order valence-corrected chi connectivity index (χ2v) is 8.19. The summed E-state index contributed by atoms with van der Waals surface area (Å²) >= 11 is 0. The lowest BCUT2D eigenvalue weighted by molar-refractivity contribution is -0.384. The molecule has 0 aliphatic carbocycles. The van der Waals surface area contributed by atoms with Crippen LogP contribution >= 0.6 is 0 Å². The Morgan fingerprint density at radius 1 is 1.43 bits per heavy atom. The molecule has 0 radical (unpaired) electrons. The number of nitrogens with two attached hydrogens (primary N) is 1. The lowest BCUT2D eigenvalue weighted by atomic mass is 10.1. The molecule has 1 saturated heterocycles. The summed E-state index contributed by atoms with van der Waals surface area (Å²) in [5.74, 6) is 0.287. The molecular formula is C14H22N4O4S. The molecule has 1 heterocycles. The number of nitrogens with zero attached hydrogens (tertiary/aromatic N) is 3. The van der Waals surface area contributed by atoms with Crippen molar-refractivity contribution in [1.29, 1.82) is 0 Å². The highest BCUT2D eigenvalue weighted by Crippen LogP contribution is 2.36. The Morgan fingerprint density at radius 3 is 2.57 bits per heavy atom. The van der Waals surface area contributed by atoms with Crippen LogP contribution in [-0.2, 0) is 10.0 Å². The molecule has 0 aromatic heterocycles. The smallest absolute Gasteiger partial charge is 0.293 e. The molecule has 2 atom stereocenters. The van der Waals surface area contributed by atoms with Gasteiger partial charge in [0.1, 0.15) is 5.69 Å². The molecule has 128 valence electrons. The molecule has 1 aromatic rings. The lowest BCUT2D eigenvalue weighted by Crippen LogP contribution is -2.28. The van der Waals surface area contributed by atoms with Crippen LogP contribution in [0.1, 0.15) is 13.3 Å². The van der Waals surface area contributed by atoms with E-state index in [-0.39, 0.29) is 22.5 Å². The first-order chi connectivity index (χ1) is 10.7. The second kappa shape index (κ2) is 6.42. The number of rotatable bonds is 5. The molecule has 1 fully saturated rings. The van der Waals surface area contributed by atoms with Gasteiger partial charge in [0.25, 0.3) is 5.69 Å². The first-order valence-electron chi connectivity index (χ1n) is 7.36. The summed E-state index contributed by atoms with van der Waals surface area (Å²) in [6.07, 6.45) is 0.866. The van der Waals surface area contributed by atoms with Crippen LogP contribution in [0.15, 0.2) is 23.1 Å². The van der Waals surface area contributed by atoms with E-state index in [4.69, 9.17) is 5.73 Å². The van der Waals surface area contributed by atoms with Crippen LogP contribution in [-0.4, -0.2) is 50.9 Å². The Balaban J connectivity index is 2.49. The van der Waals surface area contributed by atoms with Gasteiger partial charge in [-0.3, -0.25) is 10.1 Å². The molecule has 2 unspecified atom stereocenters. The van der Waals surface area contributed by atoms with Gasteiger partial charge in [-0.05, 0) is 37.9 Å². The van der Waals surface area contributed by atoms with E-state index in [1.807, 2.05) is 11.8 Å². The molecule has 9 heteroatoms. The van der Waals surface area contributed by atoms with E-state index >= 15 is 0 Å². The molecule has 0 spiro atoms. The molecule has 8 nitrogen and oxygen atoms in total. The molecule has 23 heavy (non-hydrogen) atoms. The number of nitro groups is 1. The van der Waals surface area contributed by atoms with E-state index in [1.54, 1.807) is 0 Å². The third kappa shape index (κ3) is 3.31. The fourth-order valence-corrected chi connectivity index (χ4v) is 3.83. The van der Waals surface area contributed by atoms with Crippen molar-refractivity contribution in [2.24, 2.45) is 11.7 Å². The van der Waals surface area contributed by atoms with Crippen molar-refractivity contribution in [2.45, 2.75) is 24.3 Å². The lowest BCUT2D eigenvalue weighted by Gasteiger charge is -2.24. The van der Waals surface area contributed by atoms with Gasteiger partial charge in [-0.2, -0.15) is 0 Å². The number of hydrogen-bond acceptors (Lipinski definition) is 6. The minimum atomic E-state index is -3.71. The summed E-state index contributed by atoms with van der Waals surface area (Å²) in [5, 5.41) is 11.4. The molecule has 0 amide bonds. The topological polar surface area (TPSA) is 110 Å². The highest BCUT2D eigenvalue weighted by molar-refractivity contribution is 7.89. The fraction of sp³-hybridized carbons (Fsp3) is 0.571. The Hall–Kier alpha value is -1.71. The van der Waals surface area contributed by atoms with Crippen LogP contribution in [0.2, 0.25) is 0 Å². The summed E-state index contributed by atoms with van der Waals surface area (Å²) in [4.78, 5) is 12.7. The minimum absolute atomic E-state index is 0.0832. The molecule has 0 bridgehead atoms. The molecule has 1 aliphatic heterocycles. The quantitative estimate of drug-likeness (QED) is 0.632. The van der Waals surface area contributed by atoms with Crippen molar-refractivity contribution >= 4 is 21.4 Å². The van der Waals surface area contributed by atoms with Gasteiger partial charge in [-0.15, -0.1) is 0 Å². The van der Waals surface area contributed by atoms with Gasteiger partial charge in [-0.1, -0.05) is 0 Å². The number of hydrogen-bond donors (Lipinski definition) is 1. The highest BCUT2D eigenvalue weighted by Gasteiger charge is 2.33. The van der Waals surface area contributed by atoms with Crippen molar-refractivity contribution in [3.63, 3.8) is 0 Å². The van der Waals surface area contributed by atoms with Crippen LogP contribution < -0.4 is 10.6 Å². The van der Waals surface area contributed by atoms with Gasteiger partial charge < -0.3 is 10.6 Å². The molecule has 0 saturated carbocycles. The summed E-state index contributed by atoms with van der Waals surface area (Å²) in [7, 11) is -0.927. The summed E-state index contributed by atoms with van der Waals surface area (Å²) in [6.45, 7) is 3.16. The van der Waals surface area contributed by atoms with Crippen LogP contribution in [0, 0.1) is 16.0 Å². The van der Waals surface area contributed by atoms with E-state index in [9.17, 15) is 18.5 Å². The Morgan fingerprint density at radius 2 is 2.09 bits per heavy atom. The van der Waals surface area contributed by atoms with Crippen molar-refractivity contribution in [2.75, 3.05) is 32.1 Å². The Labute approximate surface area is 136 Å². The van der Waals surface area contributed by atoms with Gasteiger partial charge in [-0.25, -0.2) is 12.7 Å². The van der Waals surface area contributed by atoms with Gasteiger partial charge in [0.05, 0.1) is 9.82 Å². The van der Waals surface area contributed by atoms with Gasteiger partial charge in [0.2, 0.25) is 10.0 Å². The zero-order valence-corrected chi connectivity index (χ0v) is 14.3. The number of nitro benzene ring substituents is 1. The third-order valence-corrected chi connectivity index (χ3v) is 6.04.